The van der Waals surface area contributed by atoms with Crippen molar-refractivity contribution in [2.45, 2.75) is 24.0 Å². The molecule has 1 aliphatic rings. The van der Waals surface area contributed by atoms with Gasteiger partial charge in [0.15, 0.2) is 0 Å². The molecule has 0 radical (unpaired) electrons. The highest BCUT2D eigenvalue weighted by Gasteiger charge is 2.54. The number of halogens is 1. The predicted molar refractivity (Wildman–Crippen MR) is 52.1 cm³/mol. The Kier molecular flexibility index (Phi) is 2.10. The standard InChI is InChI=1S/C10H11FO2S/c11-14(12,13)10(6-7-10)8-9-4-2-1-3-5-9/h1-5H,6-8H2. The Labute approximate surface area is 83.0 Å². The normalized spacial score (nSPS) is 19.2. The summed E-state index contributed by atoms with van der Waals surface area (Å²) in [5.74, 6) is 0. The molecular weight excluding hydrogens is 203 g/mol. The van der Waals surface area contributed by atoms with Gasteiger partial charge in [-0.25, -0.2) is 0 Å². The summed E-state index contributed by atoms with van der Waals surface area (Å²) in [6.07, 6.45) is 1.19. The van der Waals surface area contributed by atoms with Gasteiger partial charge in [-0.1, -0.05) is 30.3 Å². The van der Waals surface area contributed by atoms with Crippen LogP contribution in [0, 0.1) is 0 Å². The lowest BCUT2D eigenvalue weighted by Crippen LogP contribution is -2.21. The minimum Gasteiger partial charge on any atom is -0.194 e. The van der Waals surface area contributed by atoms with Crippen molar-refractivity contribution in [3.63, 3.8) is 0 Å². The van der Waals surface area contributed by atoms with Gasteiger partial charge in [0.05, 0.1) is 0 Å². The molecule has 0 N–H and O–H groups in total. The lowest BCUT2D eigenvalue weighted by Gasteiger charge is -2.09. The third-order valence-corrected chi connectivity index (χ3v) is 4.28. The van der Waals surface area contributed by atoms with Crippen molar-refractivity contribution in [3.05, 3.63) is 35.9 Å². The smallest absolute Gasteiger partial charge is 0.194 e. The average molecular weight is 214 g/mol. The molecule has 0 aromatic heterocycles. The van der Waals surface area contributed by atoms with E-state index < -0.39 is 15.0 Å². The van der Waals surface area contributed by atoms with Gasteiger partial charge in [-0.3, -0.25) is 0 Å². The van der Waals surface area contributed by atoms with Gasteiger partial charge in [0, 0.05) is 0 Å². The maximum Gasteiger partial charge on any atom is 0.308 e. The Hall–Kier alpha value is -0.900. The van der Waals surface area contributed by atoms with Crippen LogP contribution in [-0.2, 0) is 16.6 Å². The molecule has 0 unspecified atom stereocenters. The molecule has 1 aromatic carbocycles. The van der Waals surface area contributed by atoms with Crippen molar-refractivity contribution < 1.29 is 12.3 Å². The Bertz CT molecular complexity index is 421. The molecule has 4 heteroatoms. The first-order valence-electron chi connectivity index (χ1n) is 4.52. The van der Waals surface area contributed by atoms with Crippen LogP contribution in [0.3, 0.4) is 0 Å². The number of benzene rings is 1. The van der Waals surface area contributed by atoms with Crippen LogP contribution < -0.4 is 0 Å². The van der Waals surface area contributed by atoms with Crippen LogP contribution in [0.5, 0.6) is 0 Å². The molecule has 0 bridgehead atoms. The third-order valence-electron chi connectivity index (χ3n) is 2.69. The highest BCUT2D eigenvalue weighted by atomic mass is 32.3. The highest BCUT2D eigenvalue weighted by molar-refractivity contribution is 7.88. The van der Waals surface area contributed by atoms with Crippen molar-refractivity contribution in [2.24, 2.45) is 0 Å². The Morgan fingerprint density at radius 1 is 1.21 bits per heavy atom. The number of rotatable bonds is 3. The second-order valence-corrected chi connectivity index (χ2v) is 5.52. The SMILES string of the molecule is O=S(=O)(F)C1(Cc2ccccc2)CC1. The van der Waals surface area contributed by atoms with E-state index in [1.54, 1.807) is 0 Å². The molecule has 2 rings (SSSR count). The summed E-state index contributed by atoms with van der Waals surface area (Å²) < 4.78 is 33.5. The summed E-state index contributed by atoms with van der Waals surface area (Å²) in [4.78, 5) is 0. The molecule has 0 heterocycles. The van der Waals surface area contributed by atoms with E-state index in [0.29, 0.717) is 19.3 Å². The van der Waals surface area contributed by atoms with E-state index in [2.05, 4.69) is 0 Å². The maximum absolute atomic E-state index is 12.9. The van der Waals surface area contributed by atoms with Gasteiger partial charge >= 0.3 is 10.2 Å². The fourth-order valence-electron chi connectivity index (χ4n) is 1.61. The van der Waals surface area contributed by atoms with Crippen molar-refractivity contribution in [2.75, 3.05) is 0 Å². The van der Waals surface area contributed by atoms with Gasteiger partial charge in [0.1, 0.15) is 4.75 Å². The fourth-order valence-corrected chi connectivity index (χ4v) is 2.54. The fraction of sp³-hybridized carbons (Fsp3) is 0.400. The van der Waals surface area contributed by atoms with Crippen LogP contribution in [0.1, 0.15) is 18.4 Å². The molecule has 0 spiro atoms. The topological polar surface area (TPSA) is 34.1 Å². The van der Waals surface area contributed by atoms with E-state index in [1.807, 2.05) is 30.3 Å². The molecule has 1 aromatic rings. The molecule has 0 atom stereocenters. The summed E-state index contributed by atoms with van der Waals surface area (Å²) in [6.45, 7) is 0. The van der Waals surface area contributed by atoms with E-state index in [9.17, 15) is 12.3 Å². The van der Waals surface area contributed by atoms with E-state index in [1.165, 1.54) is 0 Å². The van der Waals surface area contributed by atoms with Crippen molar-refractivity contribution in [1.82, 2.24) is 0 Å². The first kappa shape index (κ1) is 9.65. The first-order chi connectivity index (χ1) is 6.54. The van der Waals surface area contributed by atoms with Gasteiger partial charge in [-0.15, -0.1) is 3.89 Å². The molecule has 0 amide bonds. The highest BCUT2D eigenvalue weighted by Crippen LogP contribution is 2.47. The molecule has 1 fully saturated rings. The van der Waals surface area contributed by atoms with Crippen LogP contribution in [0.25, 0.3) is 0 Å². The Balaban J connectivity index is 2.21. The summed E-state index contributed by atoms with van der Waals surface area (Å²) in [5.41, 5.74) is 0.881. The average Bonchev–Trinajstić information content (AvgIpc) is 2.86. The summed E-state index contributed by atoms with van der Waals surface area (Å²) in [6, 6.07) is 9.16. The van der Waals surface area contributed by atoms with Crippen LogP contribution in [-0.4, -0.2) is 13.2 Å². The maximum atomic E-state index is 12.9. The largest absolute Gasteiger partial charge is 0.308 e. The Morgan fingerprint density at radius 3 is 2.21 bits per heavy atom. The molecular formula is C10H11FO2S. The second kappa shape index (κ2) is 3.05. The van der Waals surface area contributed by atoms with Gasteiger partial charge in [-0.2, -0.15) is 8.42 Å². The molecule has 2 nitrogen and oxygen atoms in total. The zero-order chi connectivity index (χ0) is 10.2. The van der Waals surface area contributed by atoms with Crippen LogP contribution in [0.2, 0.25) is 0 Å². The quantitative estimate of drug-likeness (QED) is 0.722. The van der Waals surface area contributed by atoms with Crippen LogP contribution in [0.15, 0.2) is 30.3 Å². The first-order valence-corrected chi connectivity index (χ1v) is 5.90. The molecule has 1 aliphatic carbocycles. The van der Waals surface area contributed by atoms with E-state index in [4.69, 9.17) is 0 Å². The minimum atomic E-state index is -4.39. The summed E-state index contributed by atoms with van der Waals surface area (Å²) >= 11 is 0. The van der Waals surface area contributed by atoms with Crippen molar-refractivity contribution >= 4 is 10.2 Å². The predicted octanol–water partition coefficient (Wildman–Crippen LogP) is 2.06. The lowest BCUT2D eigenvalue weighted by atomic mass is 10.1. The molecule has 14 heavy (non-hydrogen) atoms. The molecule has 0 saturated heterocycles. The molecule has 0 aliphatic heterocycles. The van der Waals surface area contributed by atoms with Crippen molar-refractivity contribution in [1.29, 1.82) is 0 Å². The van der Waals surface area contributed by atoms with Crippen molar-refractivity contribution in [3.8, 4) is 0 Å². The van der Waals surface area contributed by atoms with Gasteiger partial charge < -0.3 is 0 Å². The zero-order valence-electron chi connectivity index (χ0n) is 7.61. The van der Waals surface area contributed by atoms with Crippen LogP contribution in [0.4, 0.5) is 3.89 Å². The Morgan fingerprint density at radius 2 is 1.79 bits per heavy atom. The monoisotopic (exact) mass is 214 g/mol. The van der Waals surface area contributed by atoms with E-state index in [0.717, 1.165) is 5.56 Å². The second-order valence-electron chi connectivity index (χ2n) is 3.78. The minimum absolute atomic E-state index is 0.298. The zero-order valence-corrected chi connectivity index (χ0v) is 8.43. The van der Waals surface area contributed by atoms with Gasteiger partial charge in [-0.05, 0) is 24.8 Å². The molecule has 76 valence electrons. The third kappa shape index (κ3) is 1.66. The summed E-state index contributed by atoms with van der Waals surface area (Å²) in [5, 5.41) is 0. The van der Waals surface area contributed by atoms with Crippen LogP contribution >= 0.6 is 0 Å². The van der Waals surface area contributed by atoms with E-state index in [-0.39, 0.29) is 0 Å². The van der Waals surface area contributed by atoms with Gasteiger partial charge in [0.25, 0.3) is 0 Å². The lowest BCUT2D eigenvalue weighted by molar-refractivity contribution is 0.529. The summed E-state index contributed by atoms with van der Waals surface area (Å²) in [7, 11) is -4.39. The number of hydrogen-bond donors (Lipinski definition) is 0. The van der Waals surface area contributed by atoms with Gasteiger partial charge in [0.2, 0.25) is 0 Å². The number of hydrogen-bond acceptors (Lipinski definition) is 2. The molecule has 1 saturated carbocycles. The van der Waals surface area contributed by atoms with E-state index >= 15 is 0 Å².